The Balaban J connectivity index is 2.03. The number of nitrogens with zero attached hydrogens (tertiary/aromatic N) is 2. The molecule has 1 atom stereocenters. The Morgan fingerprint density at radius 2 is 2.31 bits per heavy atom. The van der Waals surface area contributed by atoms with Crippen molar-refractivity contribution in [2.75, 3.05) is 6.61 Å². The maximum Gasteiger partial charge on any atom is 0.150 e. The number of aromatic nitrogens is 2. The largest absolute Gasteiger partial charge is 0.356 e. The predicted molar refractivity (Wildman–Crippen MR) is 66.3 cm³/mol. The number of ether oxygens (including phenoxy) is 1. The molecule has 2 aromatic rings. The molecule has 1 aliphatic rings. The van der Waals surface area contributed by atoms with Gasteiger partial charge in [-0.05, 0) is 37.5 Å². The van der Waals surface area contributed by atoms with Crippen molar-refractivity contribution in [1.29, 1.82) is 0 Å². The average molecular weight is 281 g/mol. The minimum absolute atomic E-state index is 0.118. The molecule has 0 aliphatic carbocycles. The third kappa shape index (κ3) is 1.76. The van der Waals surface area contributed by atoms with E-state index in [0.717, 1.165) is 28.4 Å². The van der Waals surface area contributed by atoms with Gasteiger partial charge >= 0.3 is 0 Å². The molecule has 1 saturated heterocycles. The summed E-state index contributed by atoms with van der Waals surface area (Å²) in [5.74, 6) is 0. The summed E-state index contributed by atoms with van der Waals surface area (Å²) >= 11 is 3.47. The standard InChI is InChI=1S/C12H13BrN2O/c13-10-4-5-11-9(7-10)8-14-15(11)12-3-1-2-6-16-12/h4-5,7-8,12H,1-3,6H2/t12-/m1/s1. The predicted octanol–water partition coefficient (Wildman–Crippen LogP) is 3.50. The van der Waals surface area contributed by atoms with Crippen LogP contribution in [-0.2, 0) is 4.74 Å². The zero-order valence-electron chi connectivity index (χ0n) is 8.90. The van der Waals surface area contributed by atoms with E-state index in [2.05, 4.69) is 33.2 Å². The second-order valence-electron chi connectivity index (χ2n) is 4.11. The topological polar surface area (TPSA) is 27.1 Å². The van der Waals surface area contributed by atoms with Crippen LogP contribution in [0.25, 0.3) is 10.9 Å². The molecule has 0 radical (unpaired) electrons. The number of hydrogen-bond acceptors (Lipinski definition) is 2. The molecule has 0 spiro atoms. The third-order valence-corrected chi connectivity index (χ3v) is 3.48. The van der Waals surface area contributed by atoms with Gasteiger partial charge in [0.15, 0.2) is 6.23 Å². The molecule has 0 saturated carbocycles. The molecule has 0 unspecified atom stereocenters. The summed E-state index contributed by atoms with van der Waals surface area (Å²) in [6.45, 7) is 0.850. The minimum Gasteiger partial charge on any atom is -0.356 e. The number of benzene rings is 1. The lowest BCUT2D eigenvalue weighted by molar-refractivity contribution is -0.0366. The van der Waals surface area contributed by atoms with Crippen LogP contribution >= 0.6 is 15.9 Å². The fourth-order valence-electron chi connectivity index (χ4n) is 2.17. The van der Waals surface area contributed by atoms with Gasteiger partial charge in [0.2, 0.25) is 0 Å². The van der Waals surface area contributed by atoms with Gasteiger partial charge in [-0.15, -0.1) is 0 Å². The van der Waals surface area contributed by atoms with E-state index in [-0.39, 0.29) is 6.23 Å². The van der Waals surface area contributed by atoms with Gasteiger partial charge in [0.1, 0.15) is 0 Å². The van der Waals surface area contributed by atoms with E-state index in [4.69, 9.17) is 4.74 Å². The van der Waals surface area contributed by atoms with Gasteiger partial charge in [-0.25, -0.2) is 4.68 Å². The number of rotatable bonds is 1. The van der Waals surface area contributed by atoms with E-state index in [0.29, 0.717) is 0 Å². The molecular formula is C12H13BrN2O. The first-order valence-electron chi connectivity index (χ1n) is 5.59. The summed E-state index contributed by atoms with van der Waals surface area (Å²) in [4.78, 5) is 0. The van der Waals surface area contributed by atoms with Crippen LogP contribution in [0.2, 0.25) is 0 Å². The minimum atomic E-state index is 0.118. The first kappa shape index (κ1) is 10.3. The second-order valence-corrected chi connectivity index (χ2v) is 5.03. The fourth-order valence-corrected chi connectivity index (χ4v) is 2.55. The van der Waals surface area contributed by atoms with Gasteiger partial charge in [-0.3, -0.25) is 0 Å². The van der Waals surface area contributed by atoms with Gasteiger partial charge in [-0.2, -0.15) is 5.10 Å². The summed E-state index contributed by atoms with van der Waals surface area (Å²) in [6, 6.07) is 6.22. The first-order chi connectivity index (χ1) is 7.84. The van der Waals surface area contributed by atoms with Crippen molar-refractivity contribution in [2.45, 2.75) is 25.5 Å². The van der Waals surface area contributed by atoms with Crippen molar-refractivity contribution in [3.63, 3.8) is 0 Å². The van der Waals surface area contributed by atoms with Crippen LogP contribution in [0.1, 0.15) is 25.5 Å². The Kier molecular flexibility index (Phi) is 2.69. The molecular weight excluding hydrogens is 268 g/mol. The van der Waals surface area contributed by atoms with Crippen LogP contribution in [0.15, 0.2) is 28.9 Å². The van der Waals surface area contributed by atoms with E-state index >= 15 is 0 Å². The number of halogens is 1. The highest BCUT2D eigenvalue weighted by Crippen LogP contribution is 2.27. The molecule has 0 bridgehead atoms. The monoisotopic (exact) mass is 280 g/mol. The van der Waals surface area contributed by atoms with Crippen molar-refractivity contribution in [3.8, 4) is 0 Å². The van der Waals surface area contributed by atoms with Crippen LogP contribution in [0.3, 0.4) is 0 Å². The molecule has 0 N–H and O–H groups in total. The van der Waals surface area contributed by atoms with E-state index in [1.807, 2.05) is 16.9 Å². The quantitative estimate of drug-likeness (QED) is 0.800. The lowest BCUT2D eigenvalue weighted by Gasteiger charge is -2.23. The lowest BCUT2D eigenvalue weighted by Crippen LogP contribution is -2.18. The summed E-state index contributed by atoms with van der Waals surface area (Å²) in [6.07, 6.45) is 5.47. The van der Waals surface area contributed by atoms with Gasteiger partial charge in [-0.1, -0.05) is 15.9 Å². The third-order valence-electron chi connectivity index (χ3n) is 2.99. The average Bonchev–Trinajstić information content (AvgIpc) is 2.73. The molecule has 1 aromatic carbocycles. The summed E-state index contributed by atoms with van der Waals surface area (Å²) < 4.78 is 8.84. The molecule has 1 aromatic heterocycles. The summed E-state index contributed by atoms with van der Waals surface area (Å²) in [5.41, 5.74) is 1.15. The Labute approximate surface area is 103 Å². The van der Waals surface area contributed by atoms with Crippen LogP contribution in [0.5, 0.6) is 0 Å². The molecule has 0 amide bonds. The molecule has 84 valence electrons. The van der Waals surface area contributed by atoms with E-state index in [1.165, 1.54) is 12.8 Å². The Morgan fingerprint density at radius 1 is 1.38 bits per heavy atom. The van der Waals surface area contributed by atoms with E-state index in [1.54, 1.807) is 0 Å². The zero-order valence-corrected chi connectivity index (χ0v) is 10.5. The van der Waals surface area contributed by atoms with Crippen molar-refractivity contribution < 1.29 is 4.74 Å². The van der Waals surface area contributed by atoms with E-state index < -0.39 is 0 Å². The fraction of sp³-hybridized carbons (Fsp3) is 0.417. The Hall–Kier alpha value is -0.870. The van der Waals surface area contributed by atoms with Crippen LogP contribution in [0.4, 0.5) is 0 Å². The zero-order chi connectivity index (χ0) is 11.0. The van der Waals surface area contributed by atoms with Crippen LogP contribution in [-0.4, -0.2) is 16.4 Å². The molecule has 3 rings (SSSR count). The summed E-state index contributed by atoms with van der Waals surface area (Å²) in [5, 5.41) is 5.59. The van der Waals surface area contributed by atoms with Gasteiger partial charge in [0, 0.05) is 16.5 Å². The molecule has 1 fully saturated rings. The normalized spacial score (nSPS) is 21.4. The highest BCUT2D eigenvalue weighted by Gasteiger charge is 2.18. The number of fused-ring (bicyclic) bond motifs is 1. The van der Waals surface area contributed by atoms with Crippen molar-refractivity contribution >= 4 is 26.8 Å². The molecule has 16 heavy (non-hydrogen) atoms. The van der Waals surface area contributed by atoms with Crippen LogP contribution in [0, 0.1) is 0 Å². The molecule has 4 heteroatoms. The van der Waals surface area contributed by atoms with Gasteiger partial charge in [0.05, 0.1) is 11.7 Å². The lowest BCUT2D eigenvalue weighted by atomic mass is 10.2. The highest BCUT2D eigenvalue weighted by atomic mass is 79.9. The highest BCUT2D eigenvalue weighted by molar-refractivity contribution is 9.10. The first-order valence-corrected chi connectivity index (χ1v) is 6.38. The van der Waals surface area contributed by atoms with Crippen molar-refractivity contribution in [2.24, 2.45) is 0 Å². The Morgan fingerprint density at radius 3 is 3.12 bits per heavy atom. The smallest absolute Gasteiger partial charge is 0.150 e. The maximum atomic E-state index is 5.75. The van der Waals surface area contributed by atoms with Gasteiger partial charge < -0.3 is 4.74 Å². The number of hydrogen-bond donors (Lipinski definition) is 0. The van der Waals surface area contributed by atoms with Crippen molar-refractivity contribution in [3.05, 3.63) is 28.9 Å². The van der Waals surface area contributed by atoms with E-state index in [9.17, 15) is 0 Å². The SMILES string of the molecule is Brc1ccc2c(cnn2[C@H]2CCCCO2)c1. The maximum absolute atomic E-state index is 5.75. The van der Waals surface area contributed by atoms with Crippen LogP contribution < -0.4 is 0 Å². The second kappa shape index (κ2) is 4.18. The van der Waals surface area contributed by atoms with Crippen molar-refractivity contribution in [1.82, 2.24) is 9.78 Å². The molecule has 2 heterocycles. The molecule has 3 nitrogen and oxygen atoms in total. The Bertz CT molecular complexity index is 503. The summed E-state index contributed by atoms with van der Waals surface area (Å²) in [7, 11) is 0. The molecule has 1 aliphatic heterocycles. The van der Waals surface area contributed by atoms with Gasteiger partial charge in [0.25, 0.3) is 0 Å².